The highest BCUT2D eigenvalue weighted by Crippen LogP contribution is 2.23. The Labute approximate surface area is 176 Å². The maximum Gasteiger partial charge on any atom is 0.338 e. The number of carbonyl (C=O) groups excluding carboxylic acids is 2. The van der Waals surface area contributed by atoms with Crippen molar-refractivity contribution in [3.8, 4) is 0 Å². The first-order valence-electron chi connectivity index (χ1n) is 10.9. The number of aryl methyl sites for hydroxylation is 2. The maximum absolute atomic E-state index is 12.9. The number of aromatic nitrogens is 2. The average molecular weight is 414 g/mol. The van der Waals surface area contributed by atoms with Crippen LogP contribution in [0.1, 0.15) is 68.9 Å². The topological polar surface area (TPSA) is 90.3 Å². The summed E-state index contributed by atoms with van der Waals surface area (Å²) in [5, 5.41) is 3.10. The van der Waals surface area contributed by atoms with E-state index in [9.17, 15) is 14.4 Å². The van der Waals surface area contributed by atoms with Gasteiger partial charge in [0.15, 0.2) is 0 Å². The van der Waals surface area contributed by atoms with Crippen LogP contribution >= 0.6 is 0 Å². The van der Waals surface area contributed by atoms with Crippen molar-refractivity contribution in [2.45, 2.75) is 71.9 Å². The molecule has 1 fully saturated rings. The fraction of sp³-hybridized carbons (Fsp3) is 0.565. The lowest BCUT2D eigenvalue weighted by molar-refractivity contribution is -0.122. The van der Waals surface area contributed by atoms with E-state index in [1.54, 1.807) is 29.7 Å². The molecule has 1 amide bonds. The molecule has 1 saturated carbocycles. The van der Waals surface area contributed by atoms with E-state index in [0.29, 0.717) is 35.3 Å². The molecule has 30 heavy (non-hydrogen) atoms. The molecule has 2 aromatic rings. The third kappa shape index (κ3) is 5.07. The molecule has 1 N–H and O–H groups in total. The molecule has 3 rings (SSSR count). The number of ether oxygens (including phenoxy) is 1. The maximum atomic E-state index is 12.9. The number of amides is 1. The van der Waals surface area contributed by atoms with Crippen LogP contribution in [0.2, 0.25) is 0 Å². The predicted octanol–water partition coefficient (Wildman–Crippen LogP) is 3.22. The monoisotopic (exact) mass is 413 g/mol. The first kappa shape index (κ1) is 22.0. The Morgan fingerprint density at radius 3 is 2.60 bits per heavy atom. The summed E-state index contributed by atoms with van der Waals surface area (Å²) in [5.74, 6) is 0.278. The van der Waals surface area contributed by atoms with Gasteiger partial charge in [-0.15, -0.1) is 0 Å². The lowest BCUT2D eigenvalue weighted by atomic mass is 9.87. The van der Waals surface area contributed by atoms with Crippen molar-refractivity contribution in [3.63, 3.8) is 0 Å². The molecule has 1 aromatic heterocycles. The molecule has 1 heterocycles. The normalized spacial score (nSPS) is 18.9. The number of nitrogens with zero attached hydrogens (tertiary/aromatic N) is 2. The Kier molecular flexibility index (Phi) is 7.24. The van der Waals surface area contributed by atoms with E-state index in [2.05, 4.69) is 17.2 Å². The minimum absolute atomic E-state index is 0.0310. The van der Waals surface area contributed by atoms with Crippen molar-refractivity contribution < 1.29 is 14.3 Å². The minimum Gasteiger partial charge on any atom is -0.462 e. The van der Waals surface area contributed by atoms with Crippen molar-refractivity contribution in [1.82, 2.24) is 14.9 Å². The Bertz CT molecular complexity index is 974. The molecule has 1 aliphatic rings. The highest BCUT2D eigenvalue weighted by atomic mass is 16.5. The molecule has 0 bridgehead atoms. The molecular weight excluding hydrogens is 382 g/mol. The van der Waals surface area contributed by atoms with Crippen LogP contribution in [0.4, 0.5) is 0 Å². The number of hydrogen-bond acceptors (Lipinski definition) is 5. The van der Waals surface area contributed by atoms with Gasteiger partial charge in [-0.3, -0.25) is 9.59 Å². The molecule has 7 heteroatoms. The van der Waals surface area contributed by atoms with Crippen molar-refractivity contribution >= 4 is 22.9 Å². The number of rotatable bonds is 7. The van der Waals surface area contributed by atoms with Gasteiger partial charge in [-0.1, -0.05) is 6.92 Å². The average Bonchev–Trinajstić information content (AvgIpc) is 2.74. The van der Waals surface area contributed by atoms with Crippen LogP contribution in [0.3, 0.4) is 0 Å². The number of benzene rings is 1. The largest absolute Gasteiger partial charge is 0.462 e. The van der Waals surface area contributed by atoms with Gasteiger partial charge in [0, 0.05) is 25.4 Å². The summed E-state index contributed by atoms with van der Waals surface area (Å²) >= 11 is 0. The van der Waals surface area contributed by atoms with E-state index in [-0.39, 0.29) is 30.5 Å². The van der Waals surface area contributed by atoms with Gasteiger partial charge < -0.3 is 14.6 Å². The van der Waals surface area contributed by atoms with Crippen LogP contribution in [-0.2, 0) is 22.5 Å². The molecule has 0 atom stereocenters. The Morgan fingerprint density at radius 2 is 1.93 bits per heavy atom. The Hall–Kier alpha value is -2.70. The van der Waals surface area contributed by atoms with Gasteiger partial charge in [-0.05, 0) is 63.6 Å². The zero-order valence-electron chi connectivity index (χ0n) is 18.1. The number of hydrogen-bond donors (Lipinski definition) is 1. The molecule has 0 spiro atoms. The van der Waals surface area contributed by atoms with Gasteiger partial charge in [-0.2, -0.15) is 0 Å². The summed E-state index contributed by atoms with van der Waals surface area (Å²) in [5.41, 5.74) is 1.77. The number of esters is 1. The molecular formula is C23H31N3O4. The van der Waals surface area contributed by atoms with Crippen LogP contribution in [0, 0.1) is 5.92 Å². The summed E-state index contributed by atoms with van der Waals surface area (Å²) in [7, 11) is 0. The predicted molar refractivity (Wildman–Crippen MR) is 116 cm³/mol. The van der Waals surface area contributed by atoms with E-state index in [4.69, 9.17) is 4.74 Å². The highest BCUT2D eigenvalue weighted by Gasteiger charge is 2.20. The molecule has 1 aromatic carbocycles. The molecule has 0 radical (unpaired) electrons. The number of fused-ring (bicyclic) bond motifs is 1. The van der Waals surface area contributed by atoms with Gasteiger partial charge in [0.2, 0.25) is 5.91 Å². The summed E-state index contributed by atoms with van der Waals surface area (Å²) in [6.07, 6.45) is 4.87. The number of nitrogens with one attached hydrogen (secondary N) is 1. The molecule has 0 unspecified atom stereocenters. The van der Waals surface area contributed by atoms with E-state index in [1.165, 1.54) is 0 Å². The Balaban J connectivity index is 1.75. The van der Waals surface area contributed by atoms with E-state index in [0.717, 1.165) is 31.6 Å². The summed E-state index contributed by atoms with van der Waals surface area (Å²) in [6.45, 7) is 6.61. The first-order valence-corrected chi connectivity index (χ1v) is 10.9. The highest BCUT2D eigenvalue weighted by molar-refractivity contribution is 5.93. The van der Waals surface area contributed by atoms with Crippen LogP contribution in [-0.4, -0.2) is 34.1 Å². The van der Waals surface area contributed by atoms with Crippen molar-refractivity contribution in [2.24, 2.45) is 5.92 Å². The fourth-order valence-electron chi connectivity index (χ4n) is 4.05. The van der Waals surface area contributed by atoms with Gasteiger partial charge >= 0.3 is 5.97 Å². The van der Waals surface area contributed by atoms with Crippen molar-refractivity contribution in [1.29, 1.82) is 0 Å². The minimum atomic E-state index is -0.424. The Morgan fingerprint density at radius 1 is 1.20 bits per heavy atom. The molecule has 1 aliphatic carbocycles. The third-order valence-electron chi connectivity index (χ3n) is 5.81. The second-order valence-electron chi connectivity index (χ2n) is 8.06. The van der Waals surface area contributed by atoms with Crippen LogP contribution in [0.15, 0.2) is 23.0 Å². The summed E-state index contributed by atoms with van der Waals surface area (Å²) in [4.78, 5) is 41.8. The fourth-order valence-corrected chi connectivity index (χ4v) is 4.05. The van der Waals surface area contributed by atoms with Crippen LogP contribution < -0.4 is 10.9 Å². The van der Waals surface area contributed by atoms with E-state index in [1.807, 2.05) is 6.92 Å². The van der Waals surface area contributed by atoms with Gasteiger partial charge in [0.1, 0.15) is 5.69 Å². The van der Waals surface area contributed by atoms with Crippen molar-refractivity contribution in [2.75, 3.05) is 6.61 Å². The van der Waals surface area contributed by atoms with Gasteiger partial charge in [-0.25, -0.2) is 9.78 Å². The van der Waals surface area contributed by atoms with Crippen LogP contribution in [0.25, 0.3) is 11.0 Å². The third-order valence-corrected chi connectivity index (χ3v) is 5.81. The smallest absolute Gasteiger partial charge is 0.338 e. The molecule has 7 nitrogen and oxygen atoms in total. The zero-order chi connectivity index (χ0) is 21.7. The molecule has 162 valence electrons. The zero-order valence-corrected chi connectivity index (χ0v) is 18.1. The number of carbonyl (C=O) groups is 2. The molecule has 0 aliphatic heterocycles. The van der Waals surface area contributed by atoms with Crippen LogP contribution in [0.5, 0.6) is 0 Å². The lowest BCUT2D eigenvalue weighted by Crippen LogP contribution is -2.37. The van der Waals surface area contributed by atoms with Gasteiger partial charge in [0.05, 0.1) is 23.2 Å². The van der Waals surface area contributed by atoms with Crippen molar-refractivity contribution in [3.05, 3.63) is 39.8 Å². The second-order valence-corrected chi connectivity index (χ2v) is 8.06. The summed E-state index contributed by atoms with van der Waals surface area (Å²) in [6, 6.07) is 5.26. The lowest BCUT2D eigenvalue weighted by Gasteiger charge is -2.26. The van der Waals surface area contributed by atoms with Gasteiger partial charge in [0.25, 0.3) is 5.56 Å². The van der Waals surface area contributed by atoms with E-state index >= 15 is 0 Å². The summed E-state index contributed by atoms with van der Waals surface area (Å²) < 4.78 is 6.64. The first-order chi connectivity index (χ1) is 14.4. The molecule has 0 saturated heterocycles. The van der Waals surface area contributed by atoms with E-state index < -0.39 is 5.97 Å². The standard InChI is InChI=1S/C23H31N3O4/c1-4-26-20-14-16(23(29)30-5-2)8-11-18(20)25-19(22(26)28)12-13-21(27)24-17-9-6-15(3)7-10-17/h8,11,14-15,17H,4-7,9-10,12-13H2,1-3H3,(H,24,27). The SMILES string of the molecule is CCOC(=O)c1ccc2nc(CCC(=O)NC3CCC(C)CC3)c(=O)n(CC)c2c1. The quantitative estimate of drug-likeness (QED) is 0.704. The second kappa shape index (κ2) is 9.87.